The summed E-state index contributed by atoms with van der Waals surface area (Å²) in [5, 5.41) is 19.0. The van der Waals surface area contributed by atoms with Crippen LogP contribution in [0.2, 0.25) is 0 Å². The molecule has 2 N–H and O–H groups in total. The summed E-state index contributed by atoms with van der Waals surface area (Å²) in [6.07, 6.45) is 1.05. The first-order valence-electron chi connectivity index (χ1n) is 4.63. The van der Waals surface area contributed by atoms with E-state index in [0.717, 1.165) is 6.54 Å². The third-order valence-electron chi connectivity index (χ3n) is 2.83. The summed E-state index contributed by atoms with van der Waals surface area (Å²) in [6.45, 7) is 3.05. The van der Waals surface area contributed by atoms with E-state index in [0.29, 0.717) is 19.4 Å². The number of nitrogens with zero attached hydrogens (tertiary/aromatic N) is 1. The molecule has 0 radical (unpaired) electrons. The summed E-state index contributed by atoms with van der Waals surface area (Å²) in [7, 11) is 1.90. The molecule has 1 aliphatic rings. The van der Waals surface area contributed by atoms with Crippen molar-refractivity contribution >= 4 is 5.97 Å². The molecule has 1 rings (SSSR count). The molecule has 1 heterocycles. The molecule has 13 heavy (non-hydrogen) atoms. The molecule has 2 unspecified atom stereocenters. The fourth-order valence-corrected chi connectivity index (χ4v) is 2.08. The normalized spacial score (nSPS) is 31.9. The first kappa shape index (κ1) is 10.5. The first-order chi connectivity index (χ1) is 5.99. The zero-order valence-electron chi connectivity index (χ0n) is 8.16. The van der Waals surface area contributed by atoms with Crippen molar-refractivity contribution in [2.24, 2.45) is 5.92 Å². The van der Waals surface area contributed by atoms with Gasteiger partial charge in [-0.1, -0.05) is 6.92 Å². The van der Waals surface area contributed by atoms with E-state index in [2.05, 4.69) is 0 Å². The van der Waals surface area contributed by atoms with E-state index in [1.807, 2.05) is 11.9 Å². The van der Waals surface area contributed by atoms with Gasteiger partial charge < -0.3 is 15.1 Å². The number of carbonyl (C=O) groups is 1. The summed E-state index contributed by atoms with van der Waals surface area (Å²) in [6, 6.07) is 0. The fraction of sp³-hybridized carbons (Fsp3) is 0.889. The minimum absolute atomic E-state index is 0.470. The second-order valence-corrected chi connectivity index (χ2v) is 3.89. The van der Waals surface area contributed by atoms with Gasteiger partial charge in [0, 0.05) is 13.1 Å². The largest absolute Gasteiger partial charge is 0.481 e. The lowest BCUT2D eigenvalue weighted by Gasteiger charge is -2.28. The zero-order chi connectivity index (χ0) is 10.1. The zero-order valence-corrected chi connectivity index (χ0v) is 8.16. The van der Waals surface area contributed by atoms with Crippen LogP contribution in [0.25, 0.3) is 0 Å². The number of aliphatic carboxylic acids is 1. The maximum absolute atomic E-state index is 10.9. The molecule has 0 aromatic heterocycles. The monoisotopic (exact) mass is 187 g/mol. The lowest BCUT2D eigenvalue weighted by Crippen LogP contribution is -2.44. The van der Waals surface area contributed by atoms with Gasteiger partial charge in [-0.25, -0.2) is 0 Å². The van der Waals surface area contributed by atoms with Crippen molar-refractivity contribution in [3.8, 4) is 0 Å². The van der Waals surface area contributed by atoms with Crippen LogP contribution in [0.4, 0.5) is 0 Å². The van der Waals surface area contributed by atoms with Crippen LogP contribution in [0.1, 0.15) is 19.8 Å². The van der Waals surface area contributed by atoms with E-state index < -0.39 is 17.5 Å². The summed E-state index contributed by atoms with van der Waals surface area (Å²) >= 11 is 0. The molecule has 0 spiro atoms. The molecule has 76 valence electrons. The van der Waals surface area contributed by atoms with E-state index in [1.165, 1.54) is 0 Å². The summed E-state index contributed by atoms with van der Waals surface area (Å²) in [5.41, 5.74) is -1.02. The Balaban J connectivity index is 2.72. The van der Waals surface area contributed by atoms with Gasteiger partial charge in [0.15, 0.2) is 0 Å². The Hall–Kier alpha value is -0.610. The highest BCUT2D eigenvalue weighted by Crippen LogP contribution is 2.30. The van der Waals surface area contributed by atoms with Gasteiger partial charge in [0.1, 0.15) is 0 Å². The van der Waals surface area contributed by atoms with Gasteiger partial charge in [-0.15, -0.1) is 0 Å². The van der Waals surface area contributed by atoms with Crippen LogP contribution in [0.3, 0.4) is 0 Å². The summed E-state index contributed by atoms with van der Waals surface area (Å²) in [4.78, 5) is 12.8. The molecule has 4 nitrogen and oxygen atoms in total. The number of likely N-dealkylation sites (tertiary alicyclic amines) is 1. The number of β-amino-alcohol motifs (C(OH)–C–C–N with tert-alkyl or cyclic N) is 1. The molecule has 2 atom stereocenters. The average molecular weight is 187 g/mol. The predicted molar refractivity (Wildman–Crippen MR) is 48.5 cm³/mol. The van der Waals surface area contributed by atoms with Crippen LogP contribution in [-0.4, -0.2) is 46.8 Å². The van der Waals surface area contributed by atoms with Gasteiger partial charge in [0.2, 0.25) is 0 Å². The summed E-state index contributed by atoms with van der Waals surface area (Å²) < 4.78 is 0. The number of hydrogen-bond donors (Lipinski definition) is 2. The predicted octanol–water partition coefficient (Wildman–Crippen LogP) is 0.164. The van der Waals surface area contributed by atoms with Gasteiger partial charge in [-0.05, 0) is 19.9 Å². The van der Waals surface area contributed by atoms with Crippen LogP contribution >= 0.6 is 0 Å². The highest BCUT2D eigenvalue weighted by molar-refractivity contribution is 5.71. The highest BCUT2D eigenvalue weighted by atomic mass is 16.4. The molecule has 0 aromatic carbocycles. The Kier molecular flexibility index (Phi) is 2.93. The van der Waals surface area contributed by atoms with Crippen molar-refractivity contribution in [2.75, 3.05) is 20.1 Å². The van der Waals surface area contributed by atoms with Crippen LogP contribution in [-0.2, 0) is 4.79 Å². The molecule has 0 bridgehead atoms. The van der Waals surface area contributed by atoms with Crippen LogP contribution in [0, 0.1) is 5.92 Å². The topological polar surface area (TPSA) is 60.8 Å². The van der Waals surface area contributed by atoms with Gasteiger partial charge in [-0.2, -0.15) is 0 Å². The molecule has 4 heteroatoms. The molecule has 0 amide bonds. The van der Waals surface area contributed by atoms with E-state index in [-0.39, 0.29) is 0 Å². The Bertz CT molecular complexity index is 207. The minimum Gasteiger partial charge on any atom is -0.481 e. The molecule has 0 aromatic rings. The molecule has 1 fully saturated rings. The van der Waals surface area contributed by atoms with Crippen molar-refractivity contribution in [3.05, 3.63) is 0 Å². The van der Waals surface area contributed by atoms with Crippen molar-refractivity contribution in [3.63, 3.8) is 0 Å². The standard InChI is InChI=1S/C9H17NO3/c1-3-7(8(11)12)9(13)4-5-10(2)6-9/h7,13H,3-6H2,1-2H3,(H,11,12). The van der Waals surface area contributed by atoms with E-state index in [1.54, 1.807) is 6.92 Å². The van der Waals surface area contributed by atoms with Crippen molar-refractivity contribution in [1.29, 1.82) is 0 Å². The molecular formula is C9H17NO3. The van der Waals surface area contributed by atoms with Gasteiger partial charge in [-0.3, -0.25) is 4.79 Å². The fourth-order valence-electron chi connectivity index (χ4n) is 2.08. The van der Waals surface area contributed by atoms with E-state index in [4.69, 9.17) is 5.11 Å². The third kappa shape index (κ3) is 2.00. The number of carboxylic acid groups (broad SMARTS) is 1. The van der Waals surface area contributed by atoms with Crippen LogP contribution in [0.15, 0.2) is 0 Å². The van der Waals surface area contributed by atoms with Crippen LogP contribution in [0.5, 0.6) is 0 Å². The number of rotatable bonds is 3. The number of carboxylic acids is 1. The molecular weight excluding hydrogens is 170 g/mol. The Morgan fingerprint density at radius 1 is 1.69 bits per heavy atom. The Labute approximate surface area is 78.2 Å². The van der Waals surface area contributed by atoms with Crippen molar-refractivity contribution in [2.45, 2.75) is 25.4 Å². The minimum atomic E-state index is -1.02. The van der Waals surface area contributed by atoms with Gasteiger partial charge in [0.25, 0.3) is 0 Å². The average Bonchev–Trinajstić information content (AvgIpc) is 2.32. The molecule has 0 aliphatic carbocycles. The maximum atomic E-state index is 10.9. The van der Waals surface area contributed by atoms with E-state index >= 15 is 0 Å². The highest BCUT2D eigenvalue weighted by Gasteiger charge is 2.44. The number of hydrogen-bond acceptors (Lipinski definition) is 3. The molecule has 1 saturated heterocycles. The molecule has 1 aliphatic heterocycles. The number of likely N-dealkylation sites (N-methyl/N-ethyl adjacent to an activating group) is 1. The van der Waals surface area contributed by atoms with Crippen LogP contribution < -0.4 is 0 Å². The Morgan fingerprint density at radius 3 is 2.62 bits per heavy atom. The van der Waals surface area contributed by atoms with Crippen molar-refractivity contribution < 1.29 is 15.0 Å². The smallest absolute Gasteiger partial charge is 0.309 e. The second kappa shape index (κ2) is 3.64. The number of aliphatic hydroxyl groups is 1. The van der Waals surface area contributed by atoms with Gasteiger partial charge >= 0.3 is 5.97 Å². The quantitative estimate of drug-likeness (QED) is 0.661. The lowest BCUT2D eigenvalue weighted by molar-refractivity contribution is -0.151. The third-order valence-corrected chi connectivity index (χ3v) is 2.83. The maximum Gasteiger partial charge on any atom is 0.309 e. The van der Waals surface area contributed by atoms with Gasteiger partial charge in [0.05, 0.1) is 11.5 Å². The SMILES string of the molecule is CCC(C(=O)O)C1(O)CCN(C)C1. The summed E-state index contributed by atoms with van der Waals surface area (Å²) in [5.74, 6) is -1.52. The second-order valence-electron chi connectivity index (χ2n) is 3.89. The lowest BCUT2D eigenvalue weighted by atomic mass is 9.85. The van der Waals surface area contributed by atoms with E-state index in [9.17, 15) is 9.90 Å². The van der Waals surface area contributed by atoms with Crippen molar-refractivity contribution in [1.82, 2.24) is 4.90 Å². The Morgan fingerprint density at radius 2 is 2.31 bits per heavy atom. The molecule has 0 saturated carbocycles. The first-order valence-corrected chi connectivity index (χ1v) is 4.63.